The van der Waals surface area contributed by atoms with Gasteiger partial charge in [0, 0.05) is 29.2 Å². The molecule has 1 spiro atoms. The van der Waals surface area contributed by atoms with Gasteiger partial charge in [-0.05, 0) is 39.7 Å². The Hall–Kier alpha value is -0.450. The van der Waals surface area contributed by atoms with Crippen LogP contribution < -0.4 is 5.32 Å². The molecular formula is C15H25N3S. The molecule has 3 nitrogen and oxygen atoms in total. The van der Waals surface area contributed by atoms with Gasteiger partial charge in [0.1, 0.15) is 5.01 Å². The van der Waals surface area contributed by atoms with Gasteiger partial charge in [-0.25, -0.2) is 4.98 Å². The van der Waals surface area contributed by atoms with Crippen molar-refractivity contribution in [3.63, 3.8) is 0 Å². The van der Waals surface area contributed by atoms with Crippen LogP contribution >= 0.6 is 11.3 Å². The third-order valence-corrected chi connectivity index (χ3v) is 5.71. The lowest BCUT2D eigenvalue weighted by molar-refractivity contribution is 0.160. The first kappa shape index (κ1) is 13.5. The van der Waals surface area contributed by atoms with Crippen LogP contribution in [-0.2, 0) is 6.54 Å². The molecule has 106 valence electrons. The second-order valence-electron chi connectivity index (χ2n) is 6.34. The van der Waals surface area contributed by atoms with Crippen LogP contribution in [0.4, 0.5) is 0 Å². The number of thiazole rings is 1. The van der Waals surface area contributed by atoms with E-state index in [4.69, 9.17) is 0 Å². The summed E-state index contributed by atoms with van der Waals surface area (Å²) >= 11 is 1.81. The highest BCUT2D eigenvalue weighted by atomic mass is 32.1. The maximum Gasteiger partial charge on any atom is 0.107 e. The zero-order chi connectivity index (χ0) is 13.3. The Bertz CT molecular complexity index is 423. The van der Waals surface area contributed by atoms with Gasteiger partial charge in [-0.3, -0.25) is 4.90 Å². The van der Waals surface area contributed by atoms with Crippen LogP contribution in [0.1, 0.15) is 49.7 Å². The molecule has 1 aliphatic carbocycles. The molecule has 1 saturated heterocycles. The summed E-state index contributed by atoms with van der Waals surface area (Å²) in [6, 6.07) is 0.664. The third kappa shape index (κ3) is 3.01. The van der Waals surface area contributed by atoms with Crippen LogP contribution in [0.25, 0.3) is 0 Å². The van der Waals surface area contributed by atoms with E-state index in [1.807, 2.05) is 11.3 Å². The molecule has 2 fully saturated rings. The lowest BCUT2D eigenvalue weighted by Gasteiger charge is -2.35. The molecule has 3 rings (SSSR count). The summed E-state index contributed by atoms with van der Waals surface area (Å²) in [6.07, 6.45) is 6.75. The largest absolute Gasteiger partial charge is 0.310 e. The first-order chi connectivity index (χ1) is 9.17. The predicted octanol–water partition coefficient (Wildman–Crippen LogP) is 2.95. The molecule has 1 saturated carbocycles. The van der Waals surface area contributed by atoms with Gasteiger partial charge in [-0.15, -0.1) is 11.3 Å². The van der Waals surface area contributed by atoms with Crippen LogP contribution in [0.5, 0.6) is 0 Å². The van der Waals surface area contributed by atoms with Crippen molar-refractivity contribution in [1.82, 2.24) is 15.2 Å². The minimum absolute atomic E-state index is 0.400. The lowest BCUT2D eigenvalue weighted by atomic mass is 9.97. The van der Waals surface area contributed by atoms with Gasteiger partial charge in [-0.2, -0.15) is 0 Å². The van der Waals surface area contributed by atoms with Crippen molar-refractivity contribution in [2.24, 2.45) is 0 Å². The van der Waals surface area contributed by atoms with Crippen molar-refractivity contribution in [2.75, 3.05) is 13.1 Å². The molecule has 2 heterocycles. The monoisotopic (exact) mass is 279 g/mol. The van der Waals surface area contributed by atoms with Crippen molar-refractivity contribution in [3.8, 4) is 0 Å². The molecule has 0 radical (unpaired) electrons. The smallest absolute Gasteiger partial charge is 0.107 e. The van der Waals surface area contributed by atoms with E-state index >= 15 is 0 Å². The first-order valence-corrected chi connectivity index (χ1v) is 8.45. The number of nitrogens with one attached hydrogen (secondary N) is 1. The number of aryl methyl sites for hydroxylation is 1. The quantitative estimate of drug-likeness (QED) is 0.902. The second-order valence-corrected chi connectivity index (χ2v) is 7.28. The Kier molecular flexibility index (Phi) is 3.92. The molecule has 1 unspecified atom stereocenters. The topological polar surface area (TPSA) is 28.2 Å². The summed E-state index contributed by atoms with van der Waals surface area (Å²) in [4.78, 5) is 7.30. The van der Waals surface area contributed by atoms with Crippen LogP contribution in [0.3, 0.4) is 0 Å². The Morgan fingerprint density at radius 2 is 2.26 bits per heavy atom. The van der Waals surface area contributed by atoms with E-state index in [0.717, 1.165) is 12.2 Å². The average molecular weight is 279 g/mol. The van der Waals surface area contributed by atoms with Gasteiger partial charge >= 0.3 is 0 Å². The van der Waals surface area contributed by atoms with Gasteiger partial charge in [-0.1, -0.05) is 12.8 Å². The average Bonchev–Trinajstić information content (AvgIpc) is 2.95. The molecule has 1 atom stereocenters. The zero-order valence-electron chi connectivity index (χ0n) is 12.1. The zero-order valence-corrected chi connectivity index (χ0v) is 12.9. The SMILES string of the molecule is Cc1csc(CN2CC3(CCCC3)NCCC2C)n1. The van der Waals surface area contributed by atoms with E-state index in [0.29, 0.717) is 11.6 Å². The number of rotatable bonds is 2. The summed E-state index contributed by atoms with van der Waals surface area (Å²) in [7, 11) is 0. The van der Waals surface area contributed by atoms with E-state index in [1.54, 1.807) is 0 Å². The Morgan fingerprint density at radius 1 is 1.47 bits per heavy atom. The fourth-order valence-corrected chi connectivity index (χ4v) is 4.37. The normalized spacial score (nSPS) is 27.8. The number of hydrogen-bond acceptors (Lipinski definition) is 4. The van der Waals surface area contributed by atoms with Gasteiger partial charge in [0.25, 0.3) is 0 Å². The number of aromatic nitrogens is 1. The molecule has 19 heavy (non-hydrogen) atoms. The highest BCUT2D eigenvalue weighted by Gasteiger charge is 2.38. The molecule has 0 amide bonds. The van der Waals surface area contributed by atoms with Crippen molar-refractivity contribution in [2.45, 2.75) is 64.1 Å². The van der Waals surface area contributed by atoms with Crippen LogP contribution in [0.15, 0.2) is 5.38 Å². The highest BCUT2D eigenvalue weighted by Crippen LogP contribution is 2.33. The summed E-state index contributed by atoms with van der Waals surface area (Å²) in [5.74, 6) is 0. The van der Waals surface area contributed by atoms with Gasteiger partial charge < -0.3 is 5.32 Å². The second kappa shape index (κ2) is 5.51. The van der Waals surface area contributed by atoms with Crippen molar-refractivity contribution >= 4 is 11.3 Å². The first-order valence-electron chi connectivity index (χ1n) is 7.57. The fourth-order valence-electron chi connectivity index (χ4n) is 3.58. The summed E-state index contributed by atoms with van der Waals surface area (Å²) < 4.78 is 0. The highest BCUT2D eigenvalue weighted by molar-refractivity contribution is 7.09. The van der Waals surface area contributed by atoms with Gasteiger partial charge in [0.15, 0.2) is 0 Å². The van der Waals surface area contributed by atoms with Crippen LogP contribution in [0, 0.1) is 6.92 Å². The Balaban J connectivity index is 1.73. The minimum Gasteiger partial charge on any atom is -0.310 e. The standard InChI is InChI=1S/C15H25N3S/c1-12-10-19-14(17-12)9-18-11-15(6-3-4-7-15)16-8-5-13(18)2/h10,13,16H,3-9,11H2,1-2H3. The molecule has 1 aromatic rings. The van der Waals surface area contributed by atoms with E-state index in [1.165, 1.54) is 50.2 Å². The molecule has 4 heteroatoms. The summed E-state index contributed by atoms with van der Waals surface area (Å²) in [6.45, 7) is 7.87. The van der Waals surface area contributed by atoms with Crippen LogP contribution in [0.2, 0.25) is 0 Å². The molecule has 1 N–H and O–H groups in total. The predicted molar refractivity (Wildman–Crippen MR) is 80.5 cm³/mol. The molecular weight excluding hydrogens is 254 g/mol. The fraction of sp³-hybridized carbons (Fsp3) is 0.800. The summed E-state index contributed by atoms with van der Waals surface area (Å²) in [5, 5.41) is 7.29. The lowest BCUT2D eigenvalue weighted by Crippen LogP contribution is -2.49. The maximum atomic E-state index is 4.64. The number of nitrogens with zero attached hydrogens (tertiary/aromatic N) is 2. The van der Waals surface area contributed by atoms with Crippen LogP contribution in [-0.4, -0.2) is 34.6 Å². The van der Waals surface area contributed by atoms with Crippen molar-refractivity contribution in [3.05, 3.63) is 16.1 Å². The van der Waals surface area contributed by atoms with Crippen molar-refractivity contribution in [1.29, 1.82) is 0 Å². The van der Waals surface area contributed by atoms with Gasteiger partial charge in [0.05, 0.1) is 6.54 Å². The molecule has 0 aromatic carbocycles. The molecule has 2 aliphatic rings. The van der Waals surface area contributed by atoms with E-state index in [2.05, 4.69) is 34.4 Å². The molecule has 1 aromatic heterocycles. The van der Waals surface area contributed by atoms with Crippen molar-refractivity contribution < 1.29 is 0 Å². The molecule has 1 aliphatic heterocycles. The van der Waals surface area contributed by atoms with E-state index in [9.17, 15) is 0 Å². The molecule has 0 bridgehead atoms. The minimum atomic E-state index is 0.400. The number of hydrogen-bond donors (Lipinski definition) is 1. The Labute approximate surface area is 120 Å². The Morgan fingerprint density at radius 3 is 2.95 bits per heavy atom. The maximum absolute atomic E-state index is 4.64. The van der Waals surface area contributed by atoms with E-state index < -0.39 is 0 Å². The van der Waals surface area contributed by atoms with Gasteiger partial charge in [0.2, 0.25) is 0 Å². The van der Waals surface area contributed by atoms with E-state index in [-0.39, 0.29) is 0 Å². The third-order valence-electron chi connectivity index (χ3n) is 4.76. The summed E-state index contributed by atoms with van der Waals surface area (Å²) in [5.41, 5.74) is 1.56.